The van der Waals surface area contributed by atoms with Crippen LogP contribution >= 0.6 is 0 Å². The highest BCUT2D eigenvalue weighted by atomic mass is 19.4. The number of hydrogen-bond acceptors (Lipinski definition) is 1. The van der Waals surface area contributed by atoms with Crippen molar-refractivity contribution in [3.63, 3.8) is 0 Å². The third-order valence-electron chi connectivity index (χ3n) is 3.32. The topological polar surface area (TPSA) is 9.23 Å². The van der Waals surface area contributed by atoms with Crippen LogP contribution in [0, 0.1) is 6.07 Å². The molecule has 0 aliphatic rings. The Morgan fingerprint density at radius 1 is 0.739 bits per heavy atom. The Hall–Kier alpha value is -2.75. The SMILES string of the molecule is FC(F)(F)Oc1ccc(-c2ccc[c]c2-c2ccccc2)cc1. The molecule has 0 heterocycles. The van der Waals surface area contributed by atoms with Crippen LogP contribution in [-0.4, -0.2) is 6.36 Å². The minimum absolute atomic E-state index is 0.234. The molecular weight excluding hydrogens is 301 g/mol. The molecule has 1 radical (unpaired) electrons. The summed E-state index contributed by atoms with van der Waals surface area (Å²) >= 11 is 0. The summed E-state index contributed by atoms with van der Waals surface area (Å²) in [6.07, 6.45) is -4.68. The maximum atomic E-state index is 12.2. The summed E-state index contributed by atoms with van der Waals surface area (Å²) in [4.78, 5) is 0. The van der Waals surface area contributed by atoms with E-state index in [2.05, 4.69) is 10.8 Å². The van der Waals surface area contributed by atoms with Crippen molar-refractivity contribution in [2.45, 2.75) is 6.36 Å². The third kappa shape index (κ3) is 3.72. The molecule has 0 atom stereocenters. The molecule has 0 saturated carbocycles. The number of alkyl halides is 3. The fraction of sp³-hybridized carbons (Fsp3) is 0.0526. The highest BCUT2D eigenvalue weighted by Crippen LogP contribution is 2.33. The van der Waals surface area contributed by atoms with Crippen molar-refractivity contribution in [3.05, 3.63) is 78.9 Å². The molecule has 4 heteroatoms. The van der Waals surface area contributed by atoms with Crippen LogP contribution in [-0.2, 0) is 0 Å². The van der Waals surface area contributed by atoms with E-state index in [0.717, 1.165) is 22.3 Å². The number of halogens is 3. The van der Waals surface area contributed by atoms with Crippen molar-refractivity contribution < 1.29 is 17.9 Å². The van der Waals surface area contributed by atoms with Gasteiger partial charge in [0.25, 0.3) is 0 Å². The minimum Gasteiger partial charge on any atom is -0.406 e. The van der Waals surface area contributed by atoms with Crippen LogP contribution < -0.4 is 4.74 Å². The maximum absolute atomic E-state index is 12.2. The highest BCUT2D eigenvalue weighted by Gasteiger charge is 2.30. The molecule has 0 N–H and O–H groups in total. The summed E-state index contributed by atoms with van der Waals surface area (Å²) in [7, 11) is 0. The lowest BCUT2D eigenvalue weighted by molar-refractivity contribution is -0.274. The summed E-state index contributed by atoms with van der Waals surface area (Å²) in [5.74, 6) is -0.234. The third-order valence-corrected chi connectivity index (χ3v) is 3.32. The van der Waals surface area contributed by atoms with Gasteiger partial charge in [-0.2, -0.15) is 0 Å². The number of benzene rings is 3. The van der Waals surface area contributed by atoms with Crippen molar-refractivity contribution in [1.82, 2.24) is 0 Å². The number of ether oxygens (including phenoxy) is 1. The van der Waals surface area contributed by atoms with Gasteiger partial charge in [0.1, 0.15) is 5.75 Å². The Kier molecular flexibility index (Phi) is 4.06. The zero-order valence-electron chi connectivity index (χ0n) is 12.0. The molecule has 0 aromatic heterocycles. The van der Waals surface area contributed by atoms with E-state index < -0.39 is 6.36 Å². The Balaban J connectivity index is 1.97. The van der Waals surface area contributed by atoms with E-state index >= 15 is 0 Å². The molecular formula is C19H12F3O. The van der Waals surface area contributed by atoms with Crippen molar-refractivity contribution in [3.8, 4) is 28.0 Å². The summed E-state index contributed by atoms with van der Waals surface area (Å²) in [5, 5.41) is 0. The fourth-order valence-electron chi connectivity index (χ4n) is 2.36. The molecule has 115 valence electrons. The molecule has 0 aliphatic heterocycles. The molecule has 0 unspecified atom stereocenters. The maximum Gasteiger partial charge on any atom is 0.573 e. The molecule has 3 rings (SSSR count). The second-order valence-corrected chi connectivity index (χ2v) is 4.90. The van der Waals surface area contributed by atoms with E-state index in [1.165, 1.54) is 12.1 Å². The standard InChI is InChI=1S/C19H12F3O/c20-19(21,22)23-16-12-10-15(11-13-16)18-9-5-4-8-17(18)14-6-2-1-3-7-14/h1-7,9-13H. The van der Waals surface area contributed by atoms with Crippen LogP contribution in [0.4, 0.5) is 13.2 Å². The van der Waals surface area contributed by atoms with Crippen LogP contribution in [0.2, 0.25) is 0 Å². The number of hydrogen-bond donors (Lipinski definition) is 0. The van der Waals surface area contributed by atoms with E-state index in [-0.39, 0.29) is 5.75 Å². The monoisotopic (exact) mass is 313 g/mol. The lowest BCUT2D eigenvalue weighted by atomic mass is 9.95. The summed E-state index contributed by atoms with van der Waals surface area (Å²) in [6, 6.07) is 24.3. The Morgan fingerprint density at radius 2 is 1.43 bits per heavy atom. The largest absolute Gasteiger partial charge is 0.573 e. The first-order valence-corrected chi connectivity index (χ1v) is 6.95. The Labute approximate surface area is 132 Å². The van der Waals surface area contributed by atoms with Gasteiger partial charge < -0.3 is 4.74 Å². The molecule has 0 bridgehead atoms. The van der Waals surface area contributed by atoms with Gasteiger partial charge in [-0.3, -0.25) is 0 Å². The zero-order chi connectivity index (χ0) is 16.3. The van der Waals surface area contributed by atoms with Gasteiger partial charge in [-0.05, 0) is 40.5 Å². The molecule has 0 spiro atoms. The van der Waals surface area contributed by atoms with E-state index in [1.807, 2.05) is 48.5 Å². The van der Waals surface area contributed by atoms with Gasteiger partial charge in [-0.25, -0.2) is 0 Å². The molecule has 3 aromatic carbocycles. The molecule has 1 nitrogen and oxygen atoms in total. The molecule has 0 amide bonds. The molecule has 0 fully saturated rings. The van der Waals surface area contributed by atoms with Gasteiger partial charge in [0.15, 0.2) is 0 Å². The van der Waals surface area contributed by atoms with Crippen LogP contribution in [0.15, 0.2) is 72.8 Å². The smallest absolute Gasteiger partial charge is 0.406 e. The normalized spacial score (nSPS) is 11.3. The van der Waals surface area contributed by atoms with Crippen molar-refractivity contribution >= 4 is 0 Å². The predicted molar refractivity (Wildman–Crippen MR) is 82.8 cm³/mol. The summed E-state index contributed by atoms with van der Waals surface area (Å²) in [6.45, 7) is 0. The highest BCUT2D eigenvalue weighted by molar-refractivity contribution is 5.83. The van der Waals surface area contributed by atoms with Gasteiger partial charge in [0.05, 0.1) is 0 Å². The van der Waals surface area contributed by atoms with E-state index in [4.69, 9.17) is 0 Å². The van der Waals surface area contributed by atoms with E-state index in [9.17, 15) is 13.2 Å². The van der Waals surface area contributed by atoms with Crippen molar-refractivity contribution in [2.75, 3.05) is 0 Å². The summed E-state index contributed by atoms with van der Waals surface area (Å²) < 4.78 is 40.6. The Morgan fingerprint density at radius 3 is 2.09 bits per heavy atom. The lowest BCUT2D eigenvalue weighted by Crippen LogP contribution is -2.16. The average Bonchev–Trinajstić information content (AvgIpc) is 2.55. The summed E-state index contributed by atoms with van der Waals surface area (Å²) in [5.41, 5.74) is 3.60. The van der Waals surface area contributed by atoms with Gasteiger partial charge in [0, 0.05) is 0 Å². The second-order valence-electron chi connectivity index (χ2n) is 4.90. The van der Waals surface area contributed by atoms with Gasteiger partial charge in [0.2, 0.25) is 0 Å². The predicted octanol–water partition coefficient (Wildman–Crippen LogP) is 5.72. The second kappa shape index (κ2) is 6.16. The lowest BCUT2D eigenvalue weighted by Gasteiger charge is -2.12. The fourth-order valence-corrected chi connectivity index (χ4v) is 2.36. The van der Waals surface area contributed by atoms with E-state index in [0.29, 0.717) is 0 Å². The van der Waals surface area contributed by atoms with Crippen LogP contribution in [0.5, 0.6) is 5.75 Å². The molecule has 0 aliphatic carbocycles. The average molecular weight is 313 g/mol. The van der Waals surface area contributed by atoms with Crippen LogP contribution in [0.1, 0.15) is 0 Å². The zero-order valence-corrected chi connectivity index (χ0v) is 12.0. The minimum atomic E-state index is -4.68. The first-order chi connectivity index (χ1) is 11.0. The molecule has 23 heavy (non-hydrogen) atoms. The van der Waals surface area contributed by atoms with Crippen molar-refractivity contribution in [1.29, 1.82) is 0 Å². The molecule has 3 aromatic rings. The van der Waals surface area contributed by atoms with Gasteiger partial charge >= 0.3 is 6.36 Å². The Bertz CT molecular complexity index is 778. The van der Waals surface area contributed by atoms with Crippen LogP contribution in [0.3, 0.4) is 0 Å². The first-order valence-electron chi connectivity index (χ1n) is 6.95. The van der Waals surface area contributed by atoms with E-state index in [1.54, 1.807) is 12.1 Å². The van der Waals surface area contributed by atoms with Gasteiger partial charge in [-0.1, -0.05) is 60.7 Å². The first kappa shape index (κ1) is 15.2. The number of rotatable bonds is 3. The quantitative estimate of drug-likeness (QED) is 0.601. The van der Waals surface area contributed by atoms with Crippen molar-refractivity contribution in [2.24, 2.45) is 0 Å². The molecule has 0 saturated heterocycles. The van der Waals surface area contributed by atoms with Gasteiger partial charge in [-0.15, -0.1) is 13.2 Å². The van der Waals surface area contributed by atoms with Crippen LogP contribution in [0.25, 0.3) is 22.3 Å².